The minimum absolute atomic E-state index is 0.831. The van der Waals surface area contributed by atoms with Gasteiger partial charge in [0.2, 0.25) is 0 Å². The average Bonchev–Trinajstić information content (AvgIpc) is 2.61. The van der Waals surface area contributed by atoms with Gasteiger partial charge < -0.3 is 4.48 Å². The van der Waals surface area contributed by atoms with Crippen molar-refractivity contribution in [2.24, 2.45) is 0 Å². The van der Waals surface area contributed by atoms with Gasteiger partial charge in [0.15, 0.2) is 0 Å². The topological polar surface area (TPSA) is 0 Å². The maximum absolute atomic E-state index is 2.45. The van der Waals surface area contributed by atoms with Crippen molar-refractivity contribution in [3.05, 3.63) is 0 Å². The molecule has 24 heavy (non-hydrogen) atoms. The van der Waals surface area contributed by atoms with E-state index >= 15 is 0 Å². The van der Waals surface area contributed by atoms with Crippen molar-refractivity contribution >= 4 is 0 Å². The van der Waals surface area contributed by atoms with Gasteiger partial charge in [0.25, 0.3) is 0 Å². The fourth-order valence-electron chi connectivity index (χ4n) is 3.79. The highest BCUT2D eigenvalue weighted by Crippen LogP contribution is 2.18. The van der Waals surface area contributed by atoms with Crippen LogP contribution < -0.4 is 0 Å². The summed E-state index contributed by atoms with van der Waals surface area (Å²) < 4.78 is 1.25. The number of unbranched alkanes of at least 4 members (excludes halogenated alkanes) is 13. The van der Waals surface area contributed by atoms with Gasteiger partial charge >= 0.3 is 0 Å². The molecule has 0 saturated heterocycles. The molecule has 0 aliphatic rings. The van der Waals surface area contributed by atoms with Gasteiger partial charge in [0.05, 0.1) is 26.2 Å². The first-order valence-electron chi connectivity index (χ1n) is 11.4. The summed E-state index contributed by atoms with van der Waals surface area (Å²) in [6, 6.07) is 0.831. The lowest BCUT2D eigenvalue weighted by atomic mass is 10.0. The van der Waals surface area contributed by atoms with E-state index in [1.54, 1.807) is 0 Å². The van der Waals surface area contributed by atoms with E-state index in [-0.39, 0.29) is 0 Å². The molecule has 0 heterocycles. The van der Waals surface area contributed by atoms with Crippen LogP contribution in [0.5, 0.6) is 0 Å². The molecule has 0 bridgehead atoms. The third-order valence-electron chi connectivity index (χ3n) is 6.48. The lowest BCUT2D eigenvalue weighted by molar-refractivity contribution is -0.928. The largest absolute Gasteiger partial charge is 0.324 e. The molecule has 0 rings (SSSR count). The van der Waals surface area contributed by atoms with Crippen LogP contribution in [-0.2, 0) is 0 Å². The molecule has 0 N–H and O–H groups in total. The summed E-state index contributed by atoms with van der Waals surface area (Å²) in [6.45, 7) is 12.0. The van der Waals surface area contributed by atoms with E-state index in [0.29, 0.717) is 0 Å². The van der Waals surface area contributed by atoms with Crippen LogP contribution in [-0.4, -0.2) is 30.7 Å². The summed E-state index contributed by atoms with van der Waals surface area (Å²) in [5.41, 5.74) is 0. The first-order chi connectivity index (χ1) is 11.6. The zero-order chi connectivity index (χ0) is 18.1. The third-order valence-corrected chi connectivity index (χ3v) is 6.48. The zero-order valence-electron chi connectivity index (χ0n) is 18.0. The Morgan fingerprint density at radius 3 is 1.21 bits per heavy atom. The van der Waals surface area contributed by atoms with Crippen LogP contribution in [0, 0.1) is 0 Å². The molecule has 1 unspecified atom stereocenters. The van der Waals surface area contributed by atoms with Gasteiger partial charge in [-0.3, -0.25) is 0 Å². The molecule has 1 atom stereocenters. The first-order valence-corrected chi connectivity index (χ1v) is 11.4. The predicted molar refractivity (Wildman–Crippen MR) is 112 cm³/mol. The molecule has 1 heteroatoms. The van der Waals surface area contributed by atoms with E-state index in [9.17, 15) is 0 Å². The first kappa shape index (κ1) is 24.0. The van der Waals surface area contributed by atoms with Gasteiger partial charge in [-0.05, 0) is 33.6 Å². The number of hydrogen-bond donors (Lipinski definition) is 0. The van der Waals surface area contributed by atoms with Crippen LogP contribution in [0.25, 0.3) is 0 Å². The predicted octanol–water partition coefficient (Wildman–Crippen LogP) is 7.73. The molecule has 0 aromatic rings. The summed E-state index contributed by atoms with van der Waals surface area (Å²) in [5.74, 6) is 0. The van der Waals surface area contributed by atoms with Gasteiger partial charge in [-0.2, -0.15) is 0 Å². The minimum Gasteiger partial charge on any atom is -0.324 e. The Kier molecular flexibility index (Phi) is 16.4. The van der Waals surface area contributed by atoms with Crippen LogP contribution in [0.2, 0.25) is 0 Å². The Hall–Kier alpha value is -0.0400. The van der Waals surface area contributed by atoms with Crippen molar-refractivity contribution in [1.29, 1.82) is 0 Å². The van der Waals surface area contributed by atoms with Crippen LogP contribution in [0.4, 0.5) is 0 Å². The highest BCUT2D eigenvalue weighted by Gasteiger charge is 2.24. The lowest BCUT2D eigenvalue weighted by Gasteiger charge is -2.38. The van der Waals surface area contributed by atoms with Crippen molar-refractivity contribution in [3.8, 4) is 0 Å². The molecular formula is C23H50N+. The summed E-state index contributed by atoms with van der Waals surface area (Å²) in [6.07, 6.45) is 21.9. The number of nitrogens with zero attached hydrogens (tertiary/aromatic N) is 1. The molecule has 0 amide bonds. The normalized spacial score (nSPS) is 13.4. The molecule has 146 valence electrons. The van der Waals surface area contributed by atoms with Crippen LogP contribution in [0.1, 0.15) is 124 Å². The molecule has 0 spiro atoms. The fraction of sp³-hybridized carbons (Fsp3) is 1.00. The van der Waals surface area contributed by atoms with Crippen LogP contribution in [0.3, 0.4) is 0 Å². The molecular weight excluding hydrogens is 290 g/mol. The lowest BCUT2D eigenvalue weighted by Crippen LogP contribution is -2.50. The minimum atomic E-state index is 0.831. The number of rotatable bonds is 18. The summed E-state index contributed by atoms with van der Waals surface area (Å²) in [4.78, 5) is 0. The second-order valence-corrected chi connectivity index (χ2v) is 8.35. The van der Waals surface area contributed by atoms with E-state index < -0.39 is 0 Å². The van der Waals surface area contributed by atoms with Gasteiger partial charge in [0, 0.05) is 0 Å². The van der Waals surface area contributed by atoms with E-state index in [1.807, 2.05) is 0 Å². The van der Waals surface area contributed by atoms with Gasteiger partial charge in [-0.1, -0.05) is 90.4 Å². The Labute approximate surface area is 155 Å². The van der Waals surface area contributed by atoms with E-state index in [1.165, 1.54) is 114 Å². The smallest absolute Gasteiger partial charge is 0.0859 e. The molecule has 0 aromatic carbocycles. The molecule has 0 radical (unpaired) electrons. The van der Waals surface area contributed by atoms with E-state index in [0.717, 1.165) is 6.04 Å². The molecule has 0 saturated carbocycles. The highest BCUT2D eigenvalue weighted by atomic mass is 15.3. The van der Waals surface area contributed by atoms with Crippen LogP contribution >= 0.6 is 0 Å². The standard InChI is InChI=1S/C23H50N/c1-6-9-10-11-12-13-14-15-16-17-18-19-20-21-22-23(4)24(5,7-2)8-3/h23H,6-22H2,1-5H3/q+1. The van der Waals surface area contributed by atoms with Crippen molar-refractivity contribution < 1.29 is 4.48 Å². The number of hydrogen-bond acceptors (Lipinski definition) is 0. The maximum atomic E-state index is 2.45. The molecule has 0 fully saturated rings. The average molecular weight is 341 g/mol. The van der Waals surface area contributed by atoms with Gasteiger partial charge in [0.1, 0.15) is 0 Å². The fourth-order valence-corrected chi connectivity index (χ4v) is 3.79. The van der Waals surface area contributed by atoms with Crippen molar-refractivity contribution in [2.75, 3.05) is 20.1 Å². The Balaban J connectivity index is 3.28. The zero-order valence-corrected chi connectivity index (χ0v) is 18.0. The maximum Gasteiger partial charge on any atom is 0.0859 e. The SMILES string of the molecule is CCCCCCCCCCCCCCCCC(C)[N+](C)(CC)CC. The van der Waals surface area contributed by atoms with Crippen molar-refractivity contribution in [2.45, 2.75) is 130 Å². The van der Waals surface area contributed by atoms with E-state index in [2.05, 4.69) is 34.7 Å². The third kappa shape index (κ3) is 12.3. The van der Waals surface area contributed by atoms with Crippen molar-refractivity contribution in [1.82, 2.24) is 0 Å². The summed E-state index contributed by atoms with van der Waals surface area (Å²) >= 11 is 0. The second kappa shape index (κ2) is 16.4. The molecule has 0 aliphatic carbocycles. The highest BCUT2D eigenvalue weighted by molar-refractivity contribution is 4.54. The molecule has 0 aromatic heterocycles. The quantitative estimate of drug-likeness (QED) is 0.177. The molecule has 1 nitrogen and oxygen atoms in total. The Bertz CT molecular complexity index is 244. The van der Waals surface area contributed by atoms with E-state index in [4.69, 9.17) is 0 Å². The van der Waals surface area contributed by atoms with Gasteiger partial charge in [-0.15, -0.1) is 0 Å². The van der Waals surface area contributed by atoms with Crippen LogP contribution in [0.15, 0.2) is 0 Å². The Morgan fingerprint density at radius 2 is 0.875 bits per heavy atom. The number of quaternary nitrogens is 1. The monoisotopic (exact) mass is 340 g/mol. The summed E-state index contributed by atoms with van der Waals surface area (Å²) in [7, 11) is 2.43. The van der Waals surface area contributed by atoms with Gasteiger partial charge in [-0.25, -0.2) is 0 Å². The van der Waals surface area contributed by atoms with Crippen molar-refractivity contribution in [3.63, 3.8) is 0 Å². The molecule has 0 aliphatic heterocycles. The summed E-state index contributed by atoms with van der Waals surface area (Å²) in [5, 5.41) is 0. The second-order valence-electron chi connectivity index (χ2n) is 8.35. The Morgan fingerprint density at radius 1 is 0.542 bits per heavy atom.